The molecule has 1 aromatic heterocycles. The Morgan fingerprint density at radius 1 is 0.955 bits per heavy atom. The average molecular weight is 370 g/mol. The molecule has 0 fully saturated rings. The summed E-state index contributed by atoms with van der Waals surface area (Å²) in [5.41, 5.74) is 1.99. The Kier molecular flexibility index (Phi) is 4.89. The Morgan fingerprint density at radius 3 is 2.41 bits per heavy atom. The predicted molar refractivity (Wildman–Crippen MR) is 96.1 cm³/mol. The van der Waals surface area contributed by atoms with Gasteiger partial charge >= 0.3 is 0 Å². The molecule has 1 N–H and O–H groups in total. The number of hydrogen-bond acceptors (Lipinski definition) is 3. The van der Waals surface area contributed by atoms with E-state index in [2.05, 4.69) is 10.3 Å². The lowest BCUT2D eigenvalue weighted by molar-refractivity contribution is 1.22. The molecule has 0 atom stereocenters. The molecule has 3 aromatic rings. The van der Waals surface area contributed by atoms with E-state index in [9.17, 15) is 0 Å². The molecule has 0 saturated carbocycles. The van der Waals surface area contributed by atoms with Gasteiger partial charge in [-0.1, -0.05) is 40.9 Å². The largest absolute Gasteiger partial charge is 0.332 e. The topological polar surface area (TPSA) is 24.9 Å². The van der Waals surface area contributed by atoms with Crippen LogP contribution in [0.5, 0.6) is 0 Å². The van der Waals surface area contributed by atoms with Crippen LogP contribution in [0.15, 0.2) is 48.7 Å². The van der Waals surface area contributed by atoms with Gasteiger partial charge in [-0.2, -0.15) is 0 Å². The molecule has 0 aliphatic rings. The number of anilines is 2. The molecule has 2 nitrogen and oxygen atoms in total. The number of hydrogen-bond donors (Lipinski definition) is 1. The highest BCUT2D eigenvalue weighted by molar-refractivity contribution is 7.15. The number of aromatic nitrogens is 1. The second kappa shape index (κ2) is 6.88. The van der Waals surface area contributed by atoms with Crippen LogP contribution in [0, 0.1) is 0 Å². The van der Waals surface area contributed by atoms with E-state index in [1.54, 1.807) is 17.4 Å². The van der Waals surface area contributed by atoms with E-state index in [1.165, 1.54) is 0 Å². The van der Waals surface area contributed by atoms with Crippen molar-refractivity contribution in [1.82, 2.24) is 4.98 Å². The van der Waals surface area contributed by atoms with E-state index in [-0.39, 0.29) is 0 Å². The molecule has 2 aromatic carbocycles. The van der Waals surface area contributed by atoms with Gasteiger partial charge in [-0.25, -0.2) is 4.98 Å². The molecule has 1 heterocycles. The third-order valence-corrected chi connectivity index (χ3v) is 4.78. The Bertz CT molecular complexity index is 784. The maximum Gasteiger partial charge on any atom is 0.187 e. The summed E-state index contributed by atoms with van der Waals surface area (Å²) >= 11 is 19.6. The molecule has 0 aliphatic heterocycles. The van der Waals surface area contributed by atoms with E-state index in [0.717, 1.165) is 27.7 Å². The van der Waals surface area contributed by atoms with Crippen LogP contribution in [-0.2, 0) is 6.42 Å². The number of thiazole rings is 1. The van der Waals surface area contributed by atoms with Crippen LogP contribution < -0.4 is 5.32 Å². The molecule has 112 valence electrons. The van der Waals surface area contributed by atoms with Crippen molar-refractivity contribution in [2.75, 3.05) is 5.32 Å². The first-order chi connectivity index (χ1) is 10.6. The minimum Gasteiger partial charge on any atom is -0.332 e. The van der Waals surface area contributed by atoms with Gasteiger partial charge in [-0.15, -0.1) is 11.3 Å². The van der Waals surface area contributed by atoms with E-state index in [0.29, 0.717) is 15.1 Å². The van der Waals surface area contributed by atoms with Crippen LogP contribution >= 0.6 is 46.1 Å². The molecular formula is C16H11Cl3N2S. The number of benzene rings is 2. The average Bonchev–Trinajstić information content (AvgIpc) is 2.92. The van der Waals surface area contributed by atoms with Crippen molar-refractivity contribution in [1.29, 1.82) is 0 Å². The minimum atomic E-state index is 0.642. The third kappa shape index (κ3) is 3.93. The summed E-state index contributed by atoms with van der Waals surface area (Å²) in [7, 11) is 0. The minimum absolute atomic E-state index is 0.642. The highest BCUT2D eigenvalue weighted by Gasteiger charge is 2.07. The molecule has 0 saturated heterocycles. The van der Waals surface area contributed by atoms with Gasteiger partial charge in [0.05, 0.1) is 0 Å². The van der Waals surface area contributed by atoms with Gasteiger partial charge in [0.2, 0.25) is 0 Å². The van der Waals surface area contributed by atoms with Crippen LogP contribution in [-0.4, -0.2) is 4.98 Å². The standard InChI is InChI=1S/C16H11Cl3N2S/c17-11-3-5-13(6-4-11)21-16-20-9-14(22-16)7-10-1-2-12(18)8-15(10)19/h1-6,8-9H,7H2,(H,20,21). The summed E-state index contributed by atoms with van der Waals surface area (Å²) in [4.78, 5) is 5.51. The first-order valence-electron chi connectivity index (χ1n) is 6.51. The SMILES string of the molecule is Clc1ccc(Nc2ncc(Cc3ccc(Cl)cc3Cl)s2)cc1. The third-order valence-electron chi connectivity index (χ3n) is 3.03. The molecule has 0 unspecified atom stereocenters. The summed E-state index contributed by atoms with van der Waals surface area (Å²) in [6, 6.07) is 13.1. The summed E-state index contributed by atoms with van der Waals surface area (Å²) in [6.07, 6.45) is 2.59. The number of rotatable bonds is 4. The number of nitrogens with zero attached hydrogens (tertiary/aromatic N) is 1. The lowest BCUT2D eigenvalue weighted by Crippen LogP contribution is -1.87. The highest BCUT2D eigenvalue weighted by Crippen LogP contribution is 2.28. The van der Waals surface area contributed by atoms with E-state index in [1.807, 2.05) is 42.6 Å². The number of halogens is 3. The summed E-state index contributed by atoms with van der Waals surface area (Å²) in [5.74, 6) is 0. The van der Waals surface area contributed by atoms with Crippen molar-refractivity contribution in [3.63, 3.8) is 0 Å². The molecule has 0 spiro atoms. The lowest BCUT2D eigenvalue weighted by atomic mass is 10.1. The van der Waals surface area contributed by atoms with Crippen LogP contribution in [0.2, 0.25) is 15.1 Å². The predicted octanol–water partition coefficient (Wildman–Crippen LogP) is 6.44. The Balaban J connectivity index is 1.72. The van der Waals surface area contributed by atoms with Crippen LogP contribution in [0.3, 0.4) is 0 Å². The summed E-state index contributed by atoms with van der Waals surface area (Å²) in [5, 5.41) is 6.12. The molecule has 22 heavy (non-hydrogen) atoms. The van der Waals surface area contributed by atoms with E-state index < -0.39 is 0 Å². The zero-order chi connectivity index (χ0) is 15.5. The Hall–Kier alpha value is -1.26. The van der Waals surface area contributed by atoms with Crippen molar-refractivity contribution in [2.24, 2.45) is 0 Å². The van der Waals surface area contributed by atoms with Crippen molar-refractivity contribution < 1.29 is 0 Å². The fraction of sp³-hybridized carbons (Fsp3) is 0.0625. The zero-order valence-electron chi connectivity index (χ0n) is 11.3. The van der Waals surface area contributed by atoms with Gasteiger partial charge in [-0.05, 0) is 42.0 Å². The molecule has 3 rings (SSSR count). The van der Waals surface area contributed by atoms with Crippen molar-refractivity contribution in [2.45, 2.75) is 6.42 Å². The fourth-order valence-corrected chi connectivity index (χ4v) is 3.41. The van der Waals surface area contributed by atoms with E-state index in [4.69, 9.17) is 34.8 Å². The van der Waals surface area contributed by atoms with Gasteiger partial charge in [-0.3, -0.25) is 0 Å². The van der Waals surface area contributed by atoms with Gasteiger partial charge in [0.1, 0.15) is 0 Å². The summed E-state index contributed by atoms with van der Waals surface area (Å²) in [6.45, 7) is 0. The smallest absolute Gasteiger partial charge is 0.187 e. The van der Waals surface area contributed by atoms with Crippen molar-refractivity contribution in [3.8, 4) is 0 Å². The highest BCUT2D eigenvalue weighted by atomic mass is 35.5. The van der Waals surface area contributed by atoms with Gasteiger partial charge < -0.3 is 5.32 Å². The summed E-state index contributed by atoms with van der Waals surface area (Å²) < 4.78 is 0. The van der Waals surface area contributed by atoms with Crippen LogP contribution in [0.25, 0.3) is 0 Å². The van der Waals surface area contributed by atoms with Crippen LogP contribution in [0.4, 0.5) is 10.8 Å². The molecule has 0 bridgehead atoms. The second-order valence-electron chi connectivity index (χ2n) is 4.68. The maximum absolute atomic E-state index is 6.20. The van der Waals surface area contributed by atoms with Gasteiger partial charge in [0.15, 0.2) is 5.13 Å². The maximum atomic E-state index is 6.20. The molecule has 0 aliphatic carbocycles. The Labute approximate surface area is 147 Å². The fourth-order valence-electron chi connectivity index (χ4n) is 1.96. The van der Waals surface area contributed by atoms with Gasteiger partial charge in [0.25, 0.3) is 0 Å². The quantitative estimate of drug-likeness (QED) is 0.572. The van der Waals surface area contributed by atoms with Crippen molar-refractivity contribution >= 4 is 57.0 Å². The first kappa shape index (κ1) is 15.6. The normalized spacial score (nSPS) is 10.7. The first-order valence-corrected chi connectivity index (χ1v) is 8.46. The molecule has 6 heteroatoms. The second-order valence-corrected chi connectivity index (χ2v) is 7.07. The number of nitrogens with one attached hydrogen (secondary N) is 1. The molecule has 0 radical (unpaired) electrons. The van der Waals surface area contributed by atoms with Crippen LogP contribution in [0.1, 0.15) is 10.4 Å². The van der Waals surface area contributed by atoms with Crippen molar-refractivity contribution in [3.05, 3.63) is 74.2 Å². The van der Waals surface area contributed by atoms with Gasteiger partial charge in [0, 0.05) is 38.3 Å². The molecular weight excluding hydrogens is 359 g/mol. The Morgan fingerprint density at radius 2 is 1.68 bits per heavy atom. The zero-order valence-corrected chi connectivity index (χ0v) is 14.4. The molecule has 0 amide bonds. The monoisotopic (exact) mass is 368 g/mol. The van der Waals surface area contributed by atoms with E-state index >= 15 is 0 Å². The lowest BCUT2D eigenvalue weighted by Gasteiger charge is -2.03.